The van der Waals surface area contributed by atoms with Gasteiger partial charge in [0.2, 0.25) is 0 Å². The molecule has 1 aliphatic rings. The Morgan fingerprint density at radius 3 is 1.98 bits per heavy atom. The molecule has 10 heteroatoms. The summed E-state index contributed by atoms with van der Waals surface area (Å²) in [6.45, 7) is 30.5. The molecule has 0 radical (unpaired) electrons. The van der Waals surface area contributed by atoms with Crippen molar-refractivity contribution in [2.75, 3.05) is 0 Å². The van der Waals surface area contributed by atoms with E-state index < -0.39 is 37.5 Å². The minimum Gasteiger partial charge on any atom is -0.443 e. The van der Waals surface area contributed by atoms with Gasteiger partial charge in [0.25, 0.3) is 5.56 Å². The van der Waals surface area contributed by atoms with Gasteiger partial charge in [-0.25, -0.2) is 9.59 Å². The van der Waals surface area contributed by atoms with E-state index in [2.05, 4.69) is 75.4 Å². The highest BCUT2D eigenvalue weighted by Gasteiger charge is 2.45. The van der Waals surface area contributed by atoms with Gasteiger partial charge in [-0.2, -0.15) is 4.57 Å². The highest BCUT2D eigenvalue weighted by molar-refractivity contribution is 6.74. The predicted molar refractivity (Wildman–Crippen MR) is 165 cm³/mol. The molecule has 0 amide bonds. The maximum Gasteiger partial charge on any atom is 0.425 e. The SMILES string of the molecule is CC[C@H]1O[C@@H](n2cc(COC(C(C)(C)C)C(C)(C)C)c(=O)n(C(=O)OC(C)(C)C)c2=O)CC1O[Si](C)(C)C(C)(C)C. The Bertz CT molecular complexity index is 1180. The van der Waals surface area contributed by atoms with E-state index in [1.54, 1.807) is 20.8 Å². The van der Waals surface area contributed by atoms with Crippen molar-refractivity contribution in [1.82, 2.24) is 9.13 Å². The number of hydrogen-bond acceptors (Lipinski definition) is 7. The van der Waals surface area contributed by atoms with Crippen LogP contribution in [0.25, 0.3) is 0 Å². The zero-order valence-electron chi connectivity index (χ0n) is 28.3. The fourth-order valence-electron chi connectivity index (χ4n) is 5.28. The molecule has 1 aliphatic heterocycles. The van der Waals surface area contributed by atoms with Crippen LogP contribution in [0.3, 0.4) is 0 Å². The number of ether oxygens (including phenoxy) is 3. The van der Waals surface area contributed by atoms with Crippen LogP contribution in [-0.2, 0) is 25.2 Å². The Balaban J connectivity index is 2.61. The van der Waals surface area contributed by atoms with Crippen molar-refractivity contribution in [2.45, 2.75) is 158 Å². The van der Waals surface area contributed by atoms with Gasteiger partial charge < -0.3 is 18.6 Å². The second kappa shape index (κ2) is 12.1. The third kappa shape index (κ3) is 8.64. The highest BCUT2D eigenvalue weighted by atomic mass is 28.4. The number of carbonyl (C=O) groups is 1. The molecule has 1 fully saturated rings. The third-order valence-corrected chi connectivity index (χ3v) is 12.4. The van der Waals surface area contributed by atoms with Crippen LogP contribution < -0.4 is 11.2 Å². The lowest BCUT2D eigenvalue weighted by Crippen LogP contribution is -2.48. The van der Waals surface area contributed by atoms with Crippen molar-refractivity contribution in [3.63, 3.8) is 0 Å². The summed E-state index contributed by atoms with van der Waals surface area (Å²) in [5.74, 6) is 0. The van der Waals surface area contributed by atoms with Crippen LogP contribution in [0.1, 0.15) is 115 Å². The number of carbonyl (C=O) groups excluding carboxylic acids is 1. The van der Waals surface area contributed by atoms with Gasteiger partial charge >= 0.3 is 11.8 Å². The first-order valence-electron chi connectivity index (χ1n) is 14.9. The van der Waals surface area contributed by atoms with E-state index in [-0.39, 0.29) is 46.4 Å². The van der Waals surface area contributed by atoms with Crippen LogP contribution in [0.5, 0.6) is 0 Å². The van der Waals surface area contributed by atoms with Crippen molar-refractivity contribution in [2.24, 2.45) is 10.8 Å². The first kappa shape index (κ1) is 35.4. The summed E-state index contributed by atoms with van der Waals surface area (Å²) < 4.78 is 26.8. The van der Waals surface area contributed by atoms with Gasteiger partial charge in [0.15, 0.2) is 8.32 Å². The molecule has 1 unspecified atom stereocenters. The molecule has 2 heterocycles. The van der Waals surface area contributed by atoms with Crippen LogP contribution in [0.15, 0.2) is 15.8 Å². The van der Waals surface area contributed by atoms with Gasteiger partial charge in [0.1, 0.15) is 11.8 Å². The number of nitrogens with zero attached hydrogens (tertiary/aromatic N) is 2. The lowest BCUT2D eigenvalue weighted by atomic mass is 9.74. The summed E-state index contributed by atoms with van der Waals surface area (Å²) in [5, 5.41) is 0.00527. The molecule has 0 aromatic carbocycles. The highest BCUT2D eigenvalue weighted by Crippen LogP contribution is 2.41. The fraction of sp³-hybridized carbons (Fsp3) is 0.839. The van der Waals surface area contributed by atoms with E-state index in [0.717, 1.165) is 0 Å². The Morgan fingerprint density at radius 1 is 1.00 bits per heavy atom. The van der Waals surface area contributed by atoms with Crippen molar-refractivity contribution in [1.29, 1.82) is 0 Å². The van der Waals surface area contributed by atoms with Crippen molar-refractivity contribution in [3.8, 4) is 0 Å². The molecule has 0 aliphatic carbocycles. The van der Waals surface area contributed by atoms with Crippen molar-refractivity contribution >= 4 is 14.4 Å². The van der Waals surface area contributed by atoms with Gasteiger partial charge in [0, 0.05) is 12.6 Å². The summed E-state index contributed by atoms with van der Waals surface area (Å²) in [5.41, 5.74) is -2.70. The molecular formula is C31H56N2O7Si. The second-order valence-corrected chi connectivity index (χ2v) is 20.8. The molecule has 2 rings (SSSR count). The molecule has 9 nitrogen and oxygen atoms in total. The van der Waals surface area contributed by atoms with E-state index in [9.17, 15) is 14.4 Å². The van der Waals surface area contributed by atoms with E-state index in [4.69, 9.17) is 18.6 Å². The molecule has 1 aromatic rings. The zero-order chi connectivity index (χ0) is 31.9. The smallest absolute Gasteiger partial charge is 0.425 e. The Morgan fingerprint density at radius 2 is 1.54 bits per heavy atom. The normalized spacial score (nSPS) is 21.0. The van der Waals surface area contributed by atoms with Gasteiger partial charge in [-0.15, -0.1) is 0 Å². The molecule has 1 aromatic heterocycles. The predicted octanol–water partition coefficient (Wildman–Crippen LogP) is 6.86. The molecule has 41 heavy (non-hydrogen) atoms. The average molecular weight is 597 g/mol. The minimum absolute atomic E-state index is 0.00527. The number of aromatic nitrogens is 2. The molecule has 0 spiro atoms. The molecule has 0 saturated carbocycles. The maximum atomic E-state index is 13.7. The van der Waals surface area contributed by atoms with E-state index >= 15 is 0 Å². The maximum absolute atomic E-state index is 13.7. The van der Waals surface area contributed by atoms with Crippen LogP contribution in [0.2, 0.25) is 18.1 Å². The fourth-order valence-corrected chi connectivity index (χ4v) is 6.64. The summed E-state index contributed by atoms with van der Waals surface area (Å²) in [6.07, 6.45) is 0.218. The summed E-state index contributed by atoms with van der Waals surface area (Å²) in [6, 6.07) is 0. The molecule has 0 bridgehead atoms. The molecule has 3 atom stereocenters. The second-order valence-electron chi connectivity index (χ2n) is 16.1. The Labute approximate surface area is 248 Å². The summed E-state index contributed by atoms with van der Waals surface area (Å²) >= 11 is 0. The largest absolute Gasteiger partial charge is 0.443 e. The van der Waals surface area contributed by atoms with Gasteiger partial charge in [0.05, 0.1) is 30.5 Å². The van der Waals surface area contributed by atoms with Crippen LogP contribution in [-0.4, -0.2) is 47.5 Å². The summed E-state index contributed by atoms with van der Waals surface area (Å²) in [4.78, 5) is 40.5. The van der Waals surface area contributed by atoms with Gasteiger partial charge in [-0.05, 0) is 56.2 Å². The lowest BCUT2D eigenvalue weighted by molar-refractivity contribution is -0.0910. The Kier molecular flexibility index (Phi) is 10.5. The topological polar surface area (TPSA) is 98.0 Å². The standard InChI is InChI=1S/C31H56N2O7Si/c1-16-21-22(40-41(14,15)31(11,12)13)17-23(38-21)32-18-20(19-37-25(28(2,3)4)29(5,6)7)24(34)33(26(32)35)27(36)39-30(8,9)10/h18,21-23,25H,16-17,19H2,1-15H3/t21-,22?,23-/m1/s1. The number of rotatable bonds is 7. The first-order chi connectivity index (χ1) is 18.3. The number of hydrogen-bond donors (Lipinski definition) is 0. The quantitative estimate of drug-likeness (QED) is 0.317. The molecular weight excluding hydrogens is 540 g/mol. The average Bonchev–Trinajstić information content (AvgIpc) is 3.13. The Hall–Kier alpha value is -1.75. The molecule has 236 valence electrons. The molecule has 0 N–H and O–H groups in total. The van der Waals surface area contributed by atoms with E-state index in [1.807, 2.05) is 6.92 Å². The lowest BCUT2D eigenvalue weighted by Gasteiger charge is -2.40. The zero-order valence-corrected chi connectivity index (χ0v) is 29.3. The van der Waals surface area contributed by atoms with Crippen molar-refractivity contribution < 1.29 is 23.4 Å². The molecule has 1 saturated heterocycles. The van der Waals surface area contributed by atoms with Crippen LogP contribution in [0.4, 0.5) is 4.79 Å². The monoisotopic (exact) mass is 596 g/mol. The first-order valence-corrected chi connectivity index (χ1v) is 17.8. The third-order valence-electron chi connectivity index (χ3n) is 7.88. The van der Waals surface area contributed by atoms with E-state index in [1.165, 1.54) is 10.8 Å². The van der Waals surface area contributed by atoms with E-state index in [0.29, 0.717) is 17.4 Å². The van der Waals surface area contributed by atoms with Crippen LogP contribution >= 0.6 is 0 Å². The van der Waals surface area contributed by atoms with Gasteiger partial charge in [-0.1, -0.05) is 69.2 Å². The van der Waals surface area contributed by atoms with Crippen LogP contribution in [0, 0.1) is 10.8 Å². The van der Waals surface area contributed by atoms with Crippen molar-refractivity contribution in [3.05, 3.63) is 32.6 Å². The minimum atomic E-state index is -2.13. The summed E-state index contributed by atoms with van der Waals surface area (Å²) in [7, 11) is -2.13. The van der Waals surface area contributed by atoms with Gasteiger partial charge in [-0.3, -0.25) is 9.36 Å².